The van der Waals surface area contributed by atoms with E-state index < -0.39 is 5.60 Å². The number of phenolic OH excluding ortho intramolecular Hbond substituents is 1. The van der Waals surface area contributed by atoms with Gasteiger partial charge in [-0.15, -0.1) is 0 Å². The van der Waals surface area contributed by atoms with Crippen LogP contribution in [0.5, 0.6) is 11.5 Å². The van der Waals surface area contributed by atoms with Gasteiger partial charge in [0.2, 0.25) is 0 Å². The number of carbonyl (C=O) groups is 2. The first-order valence-electron chi connectivity index (χ1n) is 25.6. The van der Waals surface area contributed by atoms with Crippen LogP contribution in [-0.2, 0) is 35.3 Å². The van der Waals surface area contributed by atoms with Crippen LogP contribution in [0.3, 0.4) is 0 Å². The highest BCUT2D eigenvalue weighted by Crippen LogP contribution is 2.47. The number of aromatic hydroxyl groups is 1. The van der Waals surface area contributed by atoms with E-state index in [0.29, 0.717) is 54.2 Å². The Morgan fingerprint density at radius 3 is 2.54 bits per heavy atom. The molecular weight excluding hydrogens is 833 g/mol. The number of ether oxygens (including phenoxy) is 1. The summed E-state index contributed by atoms with van der Waals surface area (Å²) in [6.45, 7) is 3.13. The molecule has 3 heterocycles. The van der Waals surface area contributed by atoms with Gasteiger partial charge in [0, 0.05) is 25.2 Å². The topological polar surface area (TPSA) is 146 Å². The number of carbonyl (C=O) groups excluding carboxylic acids is 2. The van der Waals surface area contributed by atoms with Crippen LogP contribution in [0.15, 0.2) is 108 Å². The van der Waals surface area contributed by atoms with Crippen molar-refractivity contribution in [1.29, 1.82) is 0 Å². The number of aryl methyl sites for hydroxylation is 3. The van der Waals surface area contributed by atoms with Crippen molar-refractivity contribution in [1.82, 2.24) is 16.0 Å². The number of aliphatic hydroxyl groups is 1. The molecule has 1 unspecified atom stereocenters. The molecular formula is C58H76N4O5. The van der Waals surface area contributed by atoms with Gasteiger partial charge in [-0.3, -0.25) is 9.59 Å². The number of allylic oxidation sites excluding steroid dienone is 3. The second-order valence-corrected chi connectivity index (χ2v) is 20.6. The fourth-order valence-corrected chi connectivity index (χ4v) is 12.3. The second-order valence-electron chi connectivity index (χ2n) is 20.6. The fourth-order valence-electron chi connectivity index (χ4n) is 12.3. The lowest BCUT2D eigenvalue weighted by molar-refractivity contribution is -0.124. The maximum atomic E-state index is 13.4. The molecule has 67 heavy (non-hydrogen) atoms. The van der Waals surface area contributed by atoms with Crippen molar-refractivity contribution in [2.75, 3.05) is 26.7 Å². The zero-order valence-corrected chi connectivity index (χ0v) is 39.9. The number of hydrogen-bond acceptors (Lipinski definition) is 9. The molecule has 3 aliphatic heterocycles. The third-order valence-corrected chi connectivity index (χ3v) is 15.9. The summed E-state index contributed by atoms with van der Waals surface area (Å²) in [5.74, 6) is 3.08. The van der Waals surface area contributed by atoms with Crippen molar-refractivity contribution in [3.63, 3.8) is 0 Å². The molecule has 3 aromatic carbocycles. The van der Waals surface area contributed by atoms with Gasteiger partial charge in [-0.05, 0) is 189 Å². The number of phenols is 1. The third kappa shape index (κ3) is 13.5. The van der Waals surface area contributed by atoms with E-state index in [1.807, 2.05) is 6.20 Å². The van der Waals surface area contributed by atoms with E-state index in [1.54, 1.807) is 18.2 Å². The number of ketones is 2. The lowest BCUT2D eigenvalue weighted by Crippen LogP contribution is -2.56. The Labute approximate surface area is 399 Å². The van der Waals surface area contributed by atoms with Gasteiger partial charge in [0.25, 0.3) is 0 Å². The van der Waals surface area contributed by atoms with Crippen LogP contribution in [0.1, 0.15) is 118 Å². The molecule has 8 rings (SSSR count). The Morgan fingerprint density at radius 1 is 0.955 bits per heavy atom. The number of rotatable bonds is 22. The number of hydrogen-bond donors (Lipinski definition) is 6. The molecule has 0 amide bonds. The maximum absolute atomic E-state index is 13.4. The molecule has 7 N–H and O–H groups in total. The average molecular weight is 909 g/mol. The predicted octanol–water partition coefficient (Wildman–Crippen LogP) is 9.25. The molecule has 1 saturated heterocycles. The molecule has 9 heteroatoms. The van der Waals surface area contributed by atoms with Crippen LogP contribution in [0.4, 0.5) is 0 Å². The number of nitrogens with two attached hydrogens (primary N) is 1. The molecule has 0 bridgehead atoms. The van der Waals surface area contributed by atoms with E-state index in [9.17, 15) is 19.8 Å². The Bertz CT molecular complexity index is 2260. The Kier molecular flexibility index (Phi) is 17.0. The van der Waals surface area contributed by atoms with E-state index in [-0.39, 0.29) is 29.9 Å². The van der Waals surface area contributed by atoms with Crippen molar-refractivity contribution in [3.05, 3.63) is 136 Å². The first-order chi connectivity index (χ1) is 32.6. The van der Waals surface area contributed by atoms with Crippen molar-refractivity contribution in [2.45, 2.75) is 133 Å². The van der Waals surface area contributed by atoms with Crippen molar-refractivity contribution in [2.24, 2.45) is 35.3 Å². The SMILES string of the molecule is COc1cc(/C=C/C(=O)CC(=O)CCC[C@H](CCC2(O)CCCC2)C[C@@H]2[C@H]3CCNC[C@H]3C[C@@H]3C=CCN[C@@H]23)c(CC2=CNC(N)C=C2CCc2cccc(CCc3ccccc3)c2)cc1O. The molecule has 5 aliphatic rings. The highest BCUT2D eigenvalue weighted by atomic mass is 16.5. The number of benzene rings is 3. The van der Waals surface area contributed by atoms with E-state index in [2.05, 4.69) is 88.8 Å². The van der Waals surface area contributed by atoms with Gasteiger partial charge in [-0.25, -0.2) is 0 Å². The zero-order chi connectivity index (χ0) is 46.6. The number of fused-ring (bicyclic) bond motifs is 2. The summed E-state index contributed by atoms with van der Waals surface area (Å²) >= 11 is 0. The normalized spacial score (nSPS) is 24.8. The van der Waals surface area contributed by atoms with Crippen LogP contribution in [0.25, 0.3) is 6.08 Å². The molecule has 0 radical (unpaired) electrons. The second kappa shape index (κ2) is 23.5. The van der Waals surface area contributed by atoms with Crippen LogP contribution in [0.2, 0.25) is 0 Å². The summed E-state index contributed by atoms with van der Waals surface area (Å²) in [6, 6.07) is 23.4. The highest BCUT2D eigenvalue weighted by molar-refractivity contribution is 6.06. The van der Waals surface area contributed by atoms with Gasteiger partial charge < -0.3 is 36.6 Å². The average Bonchev–Trinajstić information content (AvgIpc) is 3.78. The lowest BCUT2D eigenvalue weighted by Gasteiger charge is -2.51. The molecule has 9 nitrogen and oxygen atoms in total. The molecule has 358 valence electrons. The molecule has 2 aliphatic carbocycles. The van der Waals surface area contributed by atoms with E-state index in [0.717, 1.165) is 125 Å². The van der Waals surface area contributed by atoms with Gasteiger partial charge in [0.15, 0.2) is 17.3 Å². The maximum Gasteiger partial charge on any atom is 0.163 e. The first kappa shape index (κ1) is 48.6. The molecule has 7 atom stereocenters. The first-order valence-corrected chi connectivity index (χ1v) is 25.6. The summed E-state index contributed by atoms with van der Waals surface area (Å²) in [6.07, 6.45) is 27.3. The van der Waals surface area contributed by atoms with Gasteiger partial charge in [0.1, 0.15) is 5.78 Å². The summed E-state index contributed by atoms with van der Waals surface area (Å²) in [5, 5.41) is 33.1. The molecule has 0 aromatic heterocycles. The number of piperidine rings is 1. The predicted molar refractivity (Wildman–Crippen MR) is 270 cm³/mol. The number of methoxy groups -OCH3 is 1. The van der Waals surface area contributed by atoms with Crippen LogP contribution in [-0.4, -0.2) is 66.3 Å². The smallest absolute Gasteiger partial charge is 0.163 e. The third-order valence-electron chi connectivity index (χ3n) is 15.9. The largest absolute Gasteiger partial charge is 0.504 e. The zero-order valence-electron chi connectivity index (χ0n) is 39.9. The minimum atomic E-state index is -0.542. The number of nitrogens with one attached hydrogen (secondary N) is 3. The van der Waals surface area contributed by atoms with Gasteiger partial charge >= 0.3 is 0 Å². The summed E-state index contributed by atoms with van der Waals surface area (Å²) in [5.41, 5.74) is 13.5. The Hall–Kier alpha value is -4.80. The van der Waals surface area contributed by atoms with Crippen molar-refractivity contribution in [3.8, 4) is 11.5 Å². The number of dihydropyridines is 1. The van der Waals surface area contributed by atoms with Crippen LogP contribution in [0, 0.1) is 29.6 Å². The molecule has 3 fully saturated rings. The lowest BCUT2D eigenvalue weighted by atomic mass is 9.59. The summed E-state index contributed by atoms with van der Waals surface area (Å²) in [7, 11) is 1.51. The summed E-state index contributed by atoms with van der Waals surface area (Å²) in [4.78, 5) is 26.9. The number of Topliss-reactive ketones (excluding diaryl/α,β-unsaturated/α-hetero) is 1. The Balaban J connectivity index is 0.875. The van der Waals surface area contributed by atoms with E-state index in [4.69, 9.17) is 10.5 Å². The monoisotopic (exact) mass is 909 g/mol. The van der Waals surface area contributed by atoms with Crippen molar-refractivity contribution < 1.29 is 24.5 Å². The minimum Gasteiger partial charge on any atom is -0.504 e. The fraction of sp³-hybridized carbons (Fsp3) is 0.517. The van der Waals surface area contributed by atoms with E-state index in [1.165, 1.54) is 42.7 Å². The highest BCUT2D eigenvalue weighted by Gasteiger charge is 2.45. The van der Waals surface area contributed by atoms with Crippen LogP contribution >= 0.6 is 0 Å². The quantitative estimate of drug-likeness (QED) is 0.0330. The van der Waals surface area contributed by atoms with Gasteiger partial charge in [0.05, 0.1) is 25.3 Å². The van der Waals surface area contributed by atoms with Crippen molar-refractivity contribution >= 4 is 17.6 Å². The summed E-state index contributed by atoms with van der Waals surface area (Å²) < 4.78 is 5.49. The Morgan fingerprint density at radius 2 is 1.73 bits per heavy atom. The standard InChI is InChI=1S/C58H76N4O5/c1-67-55-35-44(47(34-54(55)65)33-48-39-62-56(59)36-45(48)20-19-42-13-7-12-41(30-42)18-17-40-10-3-2-4-11-40)21-22-51(64)37-50(63)16-8-14-43(23-27-58(66)25-5-6-26-58)31-53-52-24-29-60-38-49(52)32-46-15-9-28-61-57(46)53/h2-4,7,9-13,15,21-22,30,34-36,39,43,46,49,52-53,56-57,60-62,65-66H,5-6,8,14,16-20,23-29,31-33,37-38,59H2,1H3/b22-21+/t43-,46+,49-,52+,53-,56?,57-/m1/s1. The van der Waals surface area contributed by atoms with Gasteiger partial charge in [-0.1, -0.05) is 92.1 Å². The minimum absolute atomic E-state index is 0.0245. The van der Waals surface area contributed by atoms with Crippen LogP contribution < -0.4 is 26.4 Å². The molecule has 3 aromatic rings. The van der Waals surface area contributed by atoms with Gasteiger partial charge in [-0.2, -0.15) is 0 Å². The van der Waals surface area contributed by atoms with E-state index >= 15 is 0 Å². The molecule has 0 spiro atoms. The molecule has 2 saturated carbocycles.